The number of thiazole rings is 1. The third-order valence-corrected chi connectivity index (χ3v) is 8.11. The van der Waals surface area contributed by atoms with Crippen LogP contribution in [0.3, 0.4) is 0 Å². The minimum absolute atomic E-state index is 0.0224. The molecular formula is C26H34N4O3S2. The molecule has 3 heterocycles. The highest BCUT2D eigenvalue weighted by molar-refractivity contribution is 7.22. The van der Waals surface area contributed by atoms with Crippen LogP contribution in [0.1, 0.15) is 57.9 Å². The third-order valence-electron chi connectivity index (χ3n) is 5.93. The lowest BCUT2D eigenvalue weighted by molar-refractivity contribution is -0.116. The molecule has 0 spiro atoms. The van der Waals surface area contributed by atoms with Crippen LogP contribution < -0.4 is 10.6 Å². The van der Waals surface area contributed by atoms with Crippen molar-refractivity contribution >= 4 is 49.9 Å². The van der Waals surface area contributed by atoms with E-state index in [2.05, 4.69) is 30.5 Å². The van der Waals surface area contributed by atoms with Crippen molar-refractivity contribution in [2.24, 2.45) is 0 Å². The molecule has 0 bridgehead atoms. The second kappa shape index (κ2) is 10.6. The summed E-state index contributed by atoms with van der Waals surface area (Å²) in [6.07, 6.45) is 1.81. The van der Waals surface area contributed by atoms with Crippen LogP contribution in [0.5, 0.6) is 0 Å². The zero-order valence-electron chi connectivity index (χ0n) is 21.1. The van der Waals surface area contributed by atoms with Gasteiger partial charge in [-0.2, -0.15) is 0 Å². The zero-order chi connectivity index (χ0) is 25.2. The first-order chi connectivity index (χ1) is 16.6. The molecule has 188 valence electrons. The Morgan fingerprint density at radius 1 is 1.23 bits per heavy atom. The van der Waals surface area contributed by atoms with E-state index in [9.17, 15) is 9.59 Å². The Hall–Kier alpha value is -2.49. The van der Waals surface area contributed by atoms with Crippen molar-refractivity contribution < 1.29 is 14.3 Å². The fourth-order valence-corrected chi connectivity index (χ4v) is 6.33. The van der Waals surface area contributed by atoms with Crippen LogP contribution in [0.25, 0.3) is 20.8 Å². The lowest BCUT2D eigenvalue weighted by atomic mass is 10.0. The molecule has 0 fully saturated rings. The number of nitrogens with zero attached hydrogens (tertiary/aromatic N) is 2. The highest BCUT2D eigenvalue weighted by atomic mass is 32.1. The van der Waals surface area contributed by atoms with Gasteiger partial charge in [-0.1, -0.05) is 19.1 Å². The largest absolute Gasteiger partial charge is 0.444 e. The lowest BCUT2D eigenvalue weighted by Crippen LogP contribution is -2.39. The van der Waals surface area contributed by atoms with Gasteiger partial charge in [-0.05, 0) is 58.2 Å². The summed E-state index contributed by atoms with van der Waals surface area (Å²) < 4.78 is 6.71. The summed E-state index contributed by atoms with van der Waals surface area (Å²) in [7, 11) is 0. The zero-order valence-corrected chi connectivity index (χ0v) is 22.7. The average molecular weight is 515 g/mol. The van der Waals surface area contributed by atoms with Crippen molar-refractivity contribution in [3.05, 3.63) is 34.7 Å². The number of amides is 2. The topological polar surface area (TPSA) is 83.6 Å². The molecule has 3 aromatic rings. The van der Waals surface area contributed by atoms with E-state index in [0.717, 1.165) is 37.1 Å². The molecule has 1 aliphatic rings. The number of nitrogens with one attached hydrogen (secondary N) is 2. The first-order valence-electron chi connectivity index (χ1n) is 12.2. The van der Waals surface area contributed by atoms with Gasteiger partial charge in [0.2, 0.25) is 5.91 Å². The van der Waals surface area contributed by atoms with E-state index >= 15 is 0 Å². The predicted molar refractivity (Wildman–Crippen MR) is 144 cm³/mol. The molecule has 0 saturated heterocycles. The summed E-state index contributed by atoms with van der Waals surface area (Å²) in [4.78, 5) is 33.2. The molecule has 2 aromatic heterocycles. The van der Waals surface area contributed by atoms with Crippen molar-refractivity contribution in [2.75, 3.05) is 18.4 Å². The number of anilines is 1. The van der Waals surface area contributed by atoms with Crippen LogP contribution in [-0.4, -0.2) is 46.6 Å². The van der Waals surface area contributed by atoms with Crippen LogP contribution in [0.15, 0.2) is 24.3 Å². The van der Waals surface area contributed by atoms with E-state index in [1.54, 1.807) is 27.6 Å². The van der Waals surface area contributed by atoms with Crippen molar-refractivity contribution in [2.45, 2.75) is 72.1 Å². The maximum absolute atomic E-state index is 12.8. The van der Waals surface area contributed by atoms with Crippen molar-refractivity contribution in [3.63, 3.8) is 0 Å². The van der Waals surface area contributed by atoms with Crippen LogP contribution in [-0.2, 0) is 22.5 Å². The monoisotopic (exact) mass is 514 g/mol. The Kier molecular flexibility index (Phi) is 7.78. The predicted octanol–water partition coefficient (Wildman–Crippen LogP) is 6.03. The molecular weight excluding hydrogens is 480 g/mol. The van der Waals surface area contributed by atoms with Crippen molar-refractivity contribution in [1.29, 1.82) is 0 Å². The van der Waals surface area contributed by atoms with Gasteiger partial charge in [0.15, 0.2) is 0 Å². The van der Waals surface area contributed by atoms with Crippen LogP contribution >= 0.6 is 22.7 Å². The van der Waals surface area contributed by atoms with E-state index in [-0.39, 0.29) is 12.0 Å². The van der Waals surface area contributed by atoms with E-state index in [4.69, 9.17) is 9.72 Å². The number of carbonyl (C=O) groups is 2. The summed E-state index contributed by atoms with van der Waals surface area (Å²) >= 11 is 3.18. The normalized spacial score (nSPS) is 14.6. The van der Waals surface area contributed by atoms with Gasteiger partial charge in [-0.25, -0.2) is 9.78 Å². The van der Waals surface area contributed by atoms with Gasteiger partial charge in [0.05, 0.1) is 16.8 Å². The number of carbonyl (C=O) groups excluding carboxylic acids is 2. The first-order valence-corrected chi connectivity index (χ1v) is 13.8. The second-order valence-electron chi connectivity index (χ2n) is 9.91. The number of hydrogen-bond donors (Lipinski definition) is 2. The minimum Gasteiger partial charge on any atom is -0.444 e. The number of hydrogen-bond acceptors (Lipinski definition) is 7. The molecule has 1 atom stereocenters. The number of fused-ring (bicyclic) bond motifs is 2. The summed E-state index contributed by atoms with van der Waals surface area (Å²) in [5.74, 6) is -0.0224. The van der Waals surface area contributed by atoms with Crippen LogP contribution in [0.2, 0.25) is 0 Å². The average Bonchev–Trinajstić information content (AvgIpc) is 3.37. The lowest BCUT2D eigenvalue weighted by Gasteiger charge is -2.30. The Balaban J connectivity index is 1.61. The molecule has 35 heavy (non-hydrogen) atoms. The number of para-hydroxylation sites is 1. The smallest absolute Gasteiger partial charge is 0.410 e. The molecule has 0 unspecified atom stereocenters. The molecule has 4 rings (SSSR count). The Bertz CT molecular complexity index is 1180. The summed E-state index contributed by atoms with van der Waals surface area (Å²) in [6.45, 7) is 11.5. The van der Waals surface area contributed by atoms with E-state index in [1.165, 1.54) is 5.56 Å². The highest BCUT2D eigenvalue weighted by Gasteiger charge is 2.31. The Morgan fingerprint density at radius 2 is 2.00 bits per heavy atom. The molecule has 2 N–H and O–H groups in total. The molecule has 2 amide bonds. The Morgan fingerprint density at radius 3 is 2.71 bits per heavy atom. The molecule has 0 aliphatic carbocycles. The third kappa shape index (κ3) is 6.20. The molecule has 9 heteroatoms. The first kappa shape index (κ1) is 25.6. The van der Waals surface area contributed by atoms with E-state index < -0.39 is 5.60 Å². The number of thiophene rings is 1. The molecule has 0 saturated carbocycles. The van der Waals surface area contributed by atoms with E-state index in [0.29, 0.717) is 38.5 Å². The van der Waals surface area contributed by atoms with Gasteiger partial charge in [-0.3, -0.25) is 4.79 Å². The minimum atomic E-state index is -0.540. The fraction of sp³-hybridized carbons (Fsp3) is 0.500. The fourth-order valence-electron chi connectivity index (χ4n) is 3.94. The van der Waals surface area contributed by atoms with Gasteiger partial charge in [0.1, 0.15) is 15.6 Å². The van der Waals surface area contributed by atoms with E-state index in [1.807, 2.05) is 39.0 Å². The summed E-state index contributed by atoms with van der Waals surface area (Å²) in [5.41, 5.74) is 2.58. The summed E-state index contributed by atoms with van der Waals surface area (Å²) in [5, 5.41) is 8.25. The maximum atomic E-state index is 12.8. The van der Waals surface area contributed by atoms with Crippen molar-refractivity contribution in [1.82, 2.24) is 15.2 Å². The molecule has 7 nitrogen and oxygen atoms in total. The van der Waals surface area contributed by atoms with Crippen molar-refractivity contribution in [3.8, 4) is 10.6 Å². The summed E-state index contributed by atoms with van der Waals surface area (Å²) in [6, 6.07) is 8.46. The standard InChI is InChI=1S/C26H34N4O3S2/c1-6-16(2)27-13-11-21(31)29-24-22(23-28-18-9-7-8-10-19(18)34-23)17-12-14-30(15-20(17)35-24)25(32)33-26(3,4)5/h7-10,16,27H,6,11-15H2,1-5H3,(H,29,31)/t16-/m1/s1. The second-order valence-corrected chi connectivity index (χ2v) is 12.0. The number of rotatable bonds is 7. The molecule has 1 aromatic carbocycles. The highest BCUT2D eigenvalue weighted by Crippen LogP contribution is 2.45. The number of benzene rings is 1. The van der Waals surface area contributed by atoms with Gasteiger partial charge in [0, 0.05) is 36.0 Å². The molecule has 0 radical (unpaired) electrons. The quantitative estimate of drug-likeness (QED) is 0.402. The number of aromatic nitrogens is 1. The van der Waals surface area contributed by atoms with Crippen LogP contribution in [0, 0.1) is 0 Å². The van der Waals surface area contributed by atoms with Crippen LogP contribution in [0.4, 0.5) is 9.80 Å². The van der Waals surface area contributed by atoms with Gasteiger partial charge in [-0.15, -0.1) is 22.7 Å². The number of ether oxygens (including phenoxy) is 1. The SMILES string of the molecule is CC[C@@H](C)NCCC(=O)Nc1sc2c(c1-c1nc3ccccc3s1)CCN(C(=O)OC(C)(C)C)C2. The maximum Gasteiger partial charge on any atom is 0.410 e. The van der Waals surface area contributed by atoms with Gasteiger partial charge >= 0.3 is 6.09 Å². The molecule has 1 aliphatic heterocycles. The Labute approximate surface area is 214 Å². The van der Waals surface area contributed by atoms with Gasteiger partial charge in [0.25, 0.3) is 0 Å². The van der Waals surface area contributed by atoms with Gasteiger partial charge < -0.3 is 20.3 Å².